The number of H-pyrrole nitrogens is 1. The number of nitrogens with one attached hydrogen (secondary N) is 1. The van der Waals surface area contributed by atoms with Crippen LogP contribution in [-0.4, -0.2) is 34.0 Å². The number of aromatic nitrogens is 1. The summed E-state index contributed by atoms with van der Waals surface area (Å²) in [6.07, 6.45) is 2.24. The summed E-state index contributed by atoms with van der Waals surface area (Å²) in [5, 5.41) is 9.89. The predicted octanol–water partition coefficient (Wildman–Crippen LogP) is 3.58. The number of benzene rings is 2. The third-order valence-electron chi connectivity index (χ3n) is 4.49. The zero-order chi connectivity index (χ0) is 20.8. The van der Waals surface area contributed by atoms with E-state index in [0.29, 0.717) is 34.6 Å². The fraction of sp³-hybridized carbons (Fsp3) is 0.217. The third-order valence-corrected chi connectivity index (χ3v) is 4.74. The number of aliphatic hydroxyl groups excluding tert-OH is 1. The van der Waals surface area contributed by atoms with Gasteiger partial charge in [0.25, 0.3) is 5.91 Å². The normalized spacial score (nSPS) is 10.4. The van der Waals surface area contributed by atoms with E-state index in [1.54, 1.807) is 35.2 Å². The molecule has 5 nitrogen and oxygen atoms in total. The number of halogens is 1. The number of pyridine rings is 1. The van der Waals surface area contributed by atoms with Gasteiger partial charge in [-0.2, -0.15) is 0 Å². The van der Waals surface area contributed by atoms with Crippen molar-refractivity contribution in [3.63, 3.8) is 0 Å². The number of rotatable bonds is 5. The standard InChI is InChI=1S/C23H21ClN2O3/c1-2-11-26(15-17-5-8-18(24)9-6-17)23(29)20-14-25-21-10-7-16(4-3-12-27)13-19(21)22(20)28/h5-10,13-14,27H,2,11-12,15H2,1H3,(H,25,28). The predicted molar refractivity (Wildman–Crippen MR) is 115 cm³/mol. The van der Waals surface area contributed by atoms with Crippen molar-refractivity contribution in [2.75, 3.05) is 13.2 Å². The van der Waals surface area contributed by atoms with Gasteiger partial charge in [0.05, 0.1) is 0 Å². The second kappa shape index (κ2) is 9.42. The fourth-order valence-corrected chi connectivity index (χ4v) is 3.23. The Hall–Kier alpha value is -3.07. The Morgan fingerprint density at radius 2 is 1.97 bits per heavy atom. The number of aliphatic hydroxyl groups is 1. The number of nitrogens with zero attached hydrogens (tertiary/aromatic N) is 1. The van der Waals surface area contributed by atoms with Crippen LogP contribution in [0.15, 0.2) is 53.5 Å². The van der Waals surface area contributed by atoms with Gasteiger partial charge in [-0.3, -0.25) is 9.59 Å². The van der Waals surface area contributed by atoms with Crippen LogP contribution in [0.3, 0.4) is 0 Å². The lowest BCUT2D eigenvalue weighted by Crippen LogP contribution is -2.34. The first-order valence-corrected chi connectivity index (χ1v) is 9.70. The third kappa shape index (κ3) is 4.86. The summed E-state index contributed by atoms with van der Waals surface area (Å²) in [4.78, 5) is 30.9. The largest absolute Gasteiger partial charge is 0.384 e. The first-order valence-electron chi connectivity index (χ1n) is 9.32. The molecule has 148 valence electrons. The van der Waals surface area contributed by atoms with Crippen molar-refractivity contribution < 1.29 is 9.90 Å². The molecule has 0 aliphatic heterocycles. The molecule has 3 aromatic rings. The molecule has 0 spiro atoms. The molecule has 29 heavy (non-hydrogen) atoms. The highest BCUT2D eigenvalue weighted by atomic mass is 35.5. The van der Waals surface area contributed by atoms with Crippen molar-refractivity contribution in [1.82, 2.24) is 9.88 Å². The van der Waals surface area contributed by atoms with Crippen molar-refractivity contribution in [3.05, 3.63) is 80.6 Å². The topological polar surface area (TPSA) is 73.4 Å². The zero-order valence-corrected chi connectivity index (χ0v) is 16.8. The summed E-state index contributed by atoms with van der Waals surface area (Å²) in [5.74, 6) is 5.02. The number of carbonyl (C=O) groups excluding carboxylic acids is 1. The molecular weight excluding hydrogens is 388 g/mol. The van der Waals surface area contributed by atoms with E-state index in [2.05, 4.69) is 16.8 Å². The Balaban J connectivity index is 1.97. The molecule has 0 fully saturated rings. The van der Waals surface area contributed by atoms with Crippen LogP contribution in [0.5, 0.6) is 0 Å². The summed E-state index contributed by atoms with van der Waals surface area (Å²) >= 11 is 5.94. The number of hydrogen-bond acceptors (Lipinski definition) is 3. The minimum Gasteiger partial charge on any atom is -0.384 e. The molecule has 2 N–H and O–H groups in total. The van der Waals surface area contributed by atoms with Crippen LogP contribution in [0.4, 0.5) is 0 Å². The maximum Gasteiger partial charge on any atom is 0.259 e. The first kappa shape index (κ1) is 20.7. The molecule has 2 aromatic carbocycles. The Morgan fingerprint density at radius 1 is 1.21 bits per heavy atom. The molecule has 1 heterocycles. The highest BCUT2D eigenvalue weighted by Gasteiger charge is 2.20. The molecule has 0 unspecified atom stereocenters. The number of fused-ring (bicyclic) bond motifs is 1. The molecule has 0 bridgehead atoms. The van der Waals surface area contributed by atoms with Crippen molar-refractivity contribution in [2.45, 2.75) is 19.9 Å². The zero-order valence-electron chi connectivity index (χ0n) is 16.0. The van der Waals surface area contributed by atoms with Crippen molar-refractivity contribution >= 4 is 28.4 Å². The molecule has 3 rings (SSSR count). The summed E-state index contributed by atoms with van der Waals surface area (Å²) in [7, 11) is 0. The summed E-state index contributed by atoms with van der Waals surface area (Å²) in [5.41, 5.74) is 1.92. The molecule has 0 aliphatic rings. The highest BCUT2D eigenvalue weighted by molar-refractivity contribution is 6.30. The van der Waals surface area contributed by atoms with E-state index in [1.165, 1.54) is 6.20 Å². The number of aromatic amines is 1. The van der Waals surface area contributed by atoms with Crippen molar-refractivity contribution in [1.29, 1.82) is 0 Å². The fourth-order valence-electron chi connectivity index (χ4n) is 3.10. The highest BCUT2D eigenvalue weighted by Crippen LogP contribution is 2.15. The second-order valence-electron chi connectivity index (χ2n) is 6.60. The molecule has 0 radical (unpaired) electrons. The summed E-state index contributed by atoms with van der Waals surface area (Å²) in [6.45, 7) is 2.65. The maximum atomic E-state index is 13.1. The van der Waals surface area contributed by atoms with Gasteiger partial charge < -0.3 is 15.0 Å². The van der Waals surface area contributed by atoms with E-state index in [4.69, 9.17) is 16.7 Å². The molecule has 0 atom stereocenters. The van der Waals surface area contributed by atoms with Gasteiger partial charge >= 0.3 is 0 Å². The maximum absolute atomic E-state index is 13.1. The minimum absolute atomic E-state index is 0.0900. The van der Waals surface area contributed by atoms with Crippen LogP contribution in [0.1, 0.15) is 34.8 Å². The molecular formula is C23H21ClN2O3. The van der Waals surface area contributed by atoms with Crippen LogP contribution in [0.2, 0.25) is 5.02 Å². The monoisotopic (exact) mass is 408 g/mol. The van der Waals surface area contributed by atoms with E-state index in [9.17, 15) is 9.59 Å². The van der Waals surface area contributed by atoms with E-state index < -0.39 is 0 Å². The lowest BCUT2D eigenvalue weighted by molar-refractivity contribution is 0.0741. The lowest BCUT2D eigenvalue weighted by atomic mass is 10.1. The second-order valence-corrected chi connectivity index (χ2v) is 7.04. The van der Waals surface area contributed by atoms with Gasteiger partial charge in [-0.25, -0.2) is 0 Å². The average Bonchev–Trinajstić information content (AvgIpc) is 2.73. The molecule has 1 amide bonds. The van der Waals surface area contributed by atoms with Crippen LogP contribution < -0.4 is 5.43 Å². The molecule has 0 saturated carbocycles. The summed E-state index contributed by atoms with van der Waals surface area (Å²) < 4.78 is 0. The van der Waals surface area contributed by atoms with Gasteiger partial charge in [0, 0.05) is 40.8 Å². The molecule has 6 heteroatoms. The van der Waals surface area contributed by atoms with Crippen LogP contribution in [-0.2, 0) is 6.54 Å². The molecule has 0 aliphatic carbocycles. The van der Waals surface area contributed by atoms with Crippen molar-refractivity contribution in [3.8, 4) is 11.8 Å². The number of hydrogen-bond donors (Lipinski definition) is 2. The van der Waals surface area contributed by atoms with E-state index in [-0.39, 0.29) is 23.5 Å². The summed E-state index contributed by atoms with van der Waals surface area (Å²) in [6, 6.07) is 12.4. The van der Waals surface area contributed by atoms with Gasteiger partial charge in [-0.05, 0) is 42.3 Å². The molecule has 0 saturated heterocycles. The Morgan fingerprint density at radius 3 is 2.66 bits per heavy atom. The van der Waals surface area contributed by atoms with Gasteiger partial charge in [0.1, 0.15) is 12.2 Å². The lowest BCUT2D eigenvalue weighted by Gasteiger charge is -2.22. The average molecular weight is 409 g/mol. The van der Waals surface area contributed by atoms with Gasteiger partial charge in [0.2, 0.25) is 5.43 Å². The van der Waals surface area contributed by atoms with Crippen LogP contribution >= 0.6 is 11.6 Å². The van der Waals surface area contributed by atoms with E-state index >= 15 is 0 Å². The minimum atomic E-state index is -0.339. The first-order chi connectivity index (χ1) is 14.0. The van der Waals surface area contributed by atoms with E-state index in [0.717, 1.165) is 12.0 Å². The SMILES string of the molecule is CCCN(Cc1ccc(Cl)cc1)C(=O)c1c[nH]c2ccc(C#CCO)cc2c1=O. The number of amides is 1. The van der Waals surface area contributed by atoms with Crippen LogP contribution in [0, 0.1) is 11.8 Å². The Bertz CT molecular complexity index is 1140. The smallest absolute Gasteiger partial charge is 0.259 e. The van der Waals surface area contributed by atoms with Gasteiger partial charge in [0.15, 0.2) is 0 Å². The van der Waals surface area contributed by atoms with Crippen molar-refractivity contribution in [2.24, 2.45) is 0 Å². The Kier molecular flexibility index (Phi) is 6.71. The van der Waals surface area contributed by atoms with Gasteiger partial charge in [-0.1, -0.05) is 42.5 Å². The Labute approximate surface area is 173 Å². The van der Waals surface area contributed by atoms with Gasteiger partial charge in [-0.15, -0.1) is 0 Å². The molecule has 1 aromatic heterocycles. The van der Waals surface area contributed by atoms with Crippen LogP contribution in [0.25, 0.3) is 10.9 Å². The van der Waals surface area contributed by atoms with E-state index in [1.807, 2.05) is 19.1 Å². The number of carbonyl (C=O) groups is 1. The quantitative estimate of drug-likeness (QED) is 0.634.